The maximum absolute atomic E-state index is 5.70. The lowest BCUT2D eigenvalue weighted by atomic mass is 10.2. The molecule has 2 rings (SSSR count). The molecule has 0 radical (unpaired) electrons. The predicted molar refractivity (Wildman–Crippen MR) is 76.3 cm³/mol. The molecule has 2 nitrogen and oxygen atoms in total. The van der Waals surface area contributed by atoms with Gasteiger partial charge in [-0.25, -0.2) is 4.98 Å². The van der Waals surface area contributed by atoms with Crippen LogP contribution in [0.3, 0.4) is 0 Å². The quantitative estimate of drug-likeness (QED) is 0.570. The van der Waals surface area contributed by atoms with Crippen molar-refractivity contribution in [3.63, 3.8) is 0 Å². The summed E-state index contributed by atoms with van der Waals surface area (Å²) in [6.45, 7) is 1.49. The van der Waals surface area contributed by atoms with E-state index in [1.807, 2.05) is 11.4 Å². The third-order valence-corrected chi connectivity index (χ3v) is 3.81. The molecular formula is C14H16ClNOS. The van der Waals surface area contributed by atoms with Crippen LogP contribution in [0.2, 0.25) is 0 Å². The van der Waals surface area contributed by atoms with E-state index in [1.165, 1.54) is 5.56 Å². The summed E-state index contributed by atoms with van der Waals surface area (Å²) in [5.74, 6) is 0.491. The van der Waals surface area contributed by atoms with Gasteiger partial charge in [-0.1, -0.05) is 30.3 Å². The molecule has 0 N–H and O–H groups in total. The van der Waals surface area contributed by atoms with Gasteiger partial charge in [0.1, 0.15) is 0 Å². The number of hydrogen-bond donors (Lipinski definition) is 0. The third kappa shape index (κ3) is 4.41. The molecule has 0 spiro atoms. The van der Waals surface area contributed by atoms with E-state index in [9.17, 15) is 0 Å². The van der Waals surface area contributed by atoms with Gasteiger partial charge < -0.3 is 4.74 Å². The zero-order valence-electron chi connectivity index (χ0n) is 10.1. The van der Waals surface area contributed by atoms with E-state index in [2.05, 4.69) is 29.2 Å². The van der Waals surface area contributed by atoms with E-state index in [-0.39, 0.29) is 0 Å². The summed E-state index contributed by atoms with van der Waals surface area (Å²) in [5.41, 5.74) is 2.28. The minimum atomic E-state index is 0.491. The molecule has 0 bridgehead atoms. The van der Waals surface area contributed by atoms with Crippen molar-refractivity contribution in [3.8, 4) is 0 Å². The molecule has 0 unspecified atom stereocenters. The highest BCUT2D eigenvalue weighted by Gasteiger charge is 2.00. The minimum Gasteiger partial charge on any atom is -0.381 e. The number of rotatable bonds is 7. The van der Waals surface area contributed by atoms with Crippen molar-refractivity contribution in [1.82, 2.24) is 4.98 Å². The summed E-state index contributed by atoms with van der Waals surface area (Å²) >= 11 is 7.36. The number of alkyl halides is 1. The molecule has 0 amide bonds. The van der Waals surface area contributed by atoms with Gasteiger partial charge in [-0.15, -0.1) is 22.9 Å². The van der Waals surface area contributed by atoms with Crippen molar-refractivity contribution in [2.24, 2.45) is 0 Å². The molecule has 1 heterocycles. The van der Waals surface area contributed by atoms with Crippen LogP contribution in [0.1, 0.15) is 16.3 Å². The molecule has 0 fully saturated rings. The molecule has 0 saturated heterocycles. The highest BCUT2D eigenvalue weighted by molar-refractivity contribution is 7.09. The largest absolute Gasteiger partial charge is 0.381 e. The average Bonchev–Trinajstić information content (AvgIpc) is 2.87. The van der Waals surface area contributed by atoms with Crippen LogP contribution in [0.5, 0.6) is 0 Å². The molecule has 0 atom stereocenters. The van der Waals surface area contributed by atoms with Crippen LogP contribution < -0.4 is 0 Å². The van der Waals surface area contributed by atoms with E-state index in [0.29, 0.717) is 5.88 Å². The molecule has 18 heavy (non-hydrogen) atoms. The molecule has 2 aromatic rings. The van der Waals surface area contributed by atoms with E-state index in [0.717, 1.165) is 36.8 Å². The van der Waals surface area contributed by atoms with Crippen LogP contribution in [0.25, 0.3) is 0 Å². The normalized spacial score (nSPS) is 10.7. The average molecular weight is 282 g/mol. The number of nitrogens with zero attached hydrogens (tertiary/aromatic N) is 1. The molecule has 1 aromatic carbocycles. The first kappa shape index (κ1) is 13.5. The van der Waals surface area contributed by atoms with Crippen molar-refractivity contribution in [2.75, 3.05) is 13.2 Å². The number of hydrogen-bond acceptors (Lipinski definition) is 3. The Morgan fingerprint density at radius 1 is 1.11 bits per heavy atom. The zero-order chi connectivity index (χ0) is 12.6. The number of aromatic nitrogens is 1. The zero-order valence-corrected chi connectivity index (χ0v) is 11.7. The summed E-state index contributed by atoms with van der Waals surface area (Å²) in [7, 11) is 0. The lowest BCUT2D eigenvalue weighted by Gasteiger charge is -2.03. The van der Waals surface area contributed by atoms with Gasteiger partial charge >= 0.3 is 0 Å². The number of halogens is 1. The fraction of sp³-hybridized carbons (Fsp3) is 0.357. The SMILES string of the molecule is ClCc1csc(CCOCCc2ccccc2)n1. The lowest BCUT2D eigenvalue weighted by Crippen LogP contribution is -2.02. The molecule has 96 valence electrons. The van der Waals surface area contributed by atoms with Gasteiger partial charge in [-0.3, -0.25) is 0 Å². The monoisotopic (exact) mass is 281 g/mol. The van der Waals surface area contributed by atoms with E-state index < -0.39 is 0 Å². The van der Waals surface area contributed by atoms with E-state index in [4.69, 9.17) is 16.3 Å². The third-order valence-electron chi connectivity index (χ3n) is 2.57. The van der Waals surface area contributed by atoms with Gasteiger partial charge in [0.05, 0.1) is 29.8 Å². The maximum Gasteiger partial charge on any atom is 0.0951 e. The van der Waals surface area contributed by atoms with Gasteiger partial charge in [0.2, 0.25) is 0 Å². The lowest BCUT2D eigenvalue weighted by molar-refractivity contribution is 0.140. The summed E-state index contributed by atoms with van der Waals surface area (Å²) in [5, 5.41) is 3.11. The Balaban J connectivity index is 1.61. The highest BCUT2D eigenvalue weighted by Crippen LogP contribution is 2.12. The first-order valence-electron chi connectivity index (χ1n) is 5.99. The van der Waals surface area contributed by atoms with Gasteiger partial charge in [-0.05, 0) is 12.0 Å². The first-order chi connectivity index (χ1) is 8.88. The second-order valence-electron chi connectivity index (χ2n) is 3.96. The molecule has 0 aliphatic carbocycles. The van der Waals surface area contributed by atoms with Crippen LogP contribution in [-0.2, 0) is 23.5 Å². The first-order valence-corrected chi connectivity index (χ1v) is 7.41. The maximum atomic E-state index is 5.70. The Bertz CT molecular complexity index is 458. The van der Waals surface area contributed by atoms with Gasteiger partial charge in [0.25, 0.3) is 0 Å². The molecule has 1 aromatic heterocycles. The topological polar surface area (TPSA) is 22.1 Å². The van der Waals surface area contributed by atoms with Crippen LogP contribution in [0, 0.1) is 0 Å². The minimum absolute atomic E-state index is 0.491. The predicted octanol–water partition coefficient (Wildman–Crippen LogP) is 3.68. The Labute approximate surface area is 117 Å². The van der Waals surface area contributed by atoms with Gasteiger partial charge in [0, 0.05) is 11.8 Å². The molecule has 0 saturated carbocycles. The fourth-order valence-corrected chi connectivity index (χ4v) is 2.63. The summed E-state index contributed by atoms with van der Waals surface area (Å²) < 4.78 is 5.62. The number of thiazole rings is 1. The smallest absolute Gasteiger partial charge is 0.0951 e. The van der Waals surface area contributed by atoms with Crippen molar-refractivity contribution in [1.29, 1.82) is 0 Å². The molecule has 0 aliphatic rings. The second-order valence-corrected chi connectivity index (χ2v) is 5.17. The number of benzene rings is 1. The fourth-order valence-electron chi connectivity index (χ4n) is 1.62. The highest BCUT2D eigenvalue weighted by atomic mass is 35.5. The Morgan fingerprint density at radius 3 is 2.61 bits per heavy atom. The Morgan fingerprint density at radius 2 is 1.89 bits per heavy atom. The van der Waals surface area contributed by atoms with Crippen LogP contribution in [-0.4, -0.2) is 18.2 Å². The van der Waals surface area contributed by atoms with Gasteiger partial charge in [0.15, 0.2) is 0 Å². The van der Waals surface area contributed by atoms with Crippen molar-refractivity contribution in [2.45, 2.75) is 18.7 Å². The standard InChI is InChI=1S/C14H16ClNOS/c15-10-13-11-18-14(16-13)7-9-17-8-6-12-4-2-1-3-5-12/h1-5,11H,6-10H2. The number of ether oxygens (including phenoxy) is 1. The summed E-state index contributed by atoms with van der Waals surface area (Å²) in [4.78, 5) is 4.39. The molecule has 4 heteroatoms. The van der Waals surface area contributed by atoms with Crippen molar-refractivity contribution < 1.29 is 4.74 Å². The molecule has 0 aliphatic heterocycles. The van der Waals surface area contributed by atoms with Crippen LogP contribution in [0.4, 0.5) is 0 Å². The second kappa shape index (κ2) is 7.52. The Hall–Kier alpha value is -0.900. The van der Waals surface area contributed by atoms with Crippen LogP contribution >= 0.6 is 22.9 Å². The van der Waals surface area contributed by atoms with Gasteiger partial charge in [-0.2, -0.15) is 0 Å². The van der Waals surface area contributed by atoms with Crippen molar-refractivity contribution in [3.05, 3.63) is 52.0 Å². The van der Waals surface area contributed by atoms with Crippen LogP contribution in [0.15, 0.2) is 35.7 Å². The van der Waals surface area contributed by atoms with Crippen molar-refractivity contribution >= 4 is 22.9 Å². The van der Waals surface area contributed by atoms with E-state index in [1.54, 1.807) is 11.3 Å². The van der Waals surface area contributed by atoms with E-state index >= 15 is 0 Å². The summed E-state index contributed by atoms with van der Waals surface area (Å²) in [6.07, 6.45) is 1.84. The summed E-state index contributed by atoms with van der Waals surface area (Å²) in [6, 6.07) is 10.4. The molecular weight excluding hydrogens is 266 g/mol. The Kier molecular flexibility index (Phi) is 5.65.